The van der Waals surface area contributed by atoms with Crippen LogP contribution in [-0.2, 0) is 9.53 Å². The van der Waals surface area contributed by atoms with Gasteiger partial charge in [0, 0.05) is 38.4 Å². The van der Waals surface area contributed by atoms with Gasteiger partial charge in [-0.3, -0.25) is 9.59 Å². The Labute approximate surface area is 184 Å². The van der Waals surface area contributed by atoms with Crippen molar-refractivity contribution in [2.45, 2.75) is 19.4 Å². The van der Waals surface area contributed by atoms with E-state index in [1.807, 2.05) is 17.9 Å². The quantitative estimate of drug-likeness (QED) is 0.581. The average molecular weight is 446 g/mol. The molecule has 0 aromatic carbocycles. The number of H-pyrrole nitrogens is 1. The van der Waals surface area contributed by atoms with E-state index in [2.05, 4.69) is 31.5 Å². The number of nitriles is 1. The summed E-state index contributed by atoms with van der Waals surface area (Å²) in [7, 11) is 0. The number of amides is 1. The number of rotatable bonds is 8. The van der Waals surface area contributed by atoms with Crippen molar-refractivity contribution in [3.8, 4) is 6.07 Å². The normalized spacial score (nSPS) is 14.7. The summed E-state index contributed by atoms with van der Waals surface area (Å²) in [6.07, 6.45) is 3.30. The Morgan fingerprint density at radius 3 is 2.81 bits per heavy atom. The highest BCUT2D eigenvalue weighted by atomic mass is 35.5. The molecule has 2 N–H and O–H groups in total. The van der Waals surface area contributed by atoms with Crippen molar-refractivity contribution in [1.82, 2.24) is 20.1 Å². The van der Waals surface area contributed by atoms with Crippen LogP contribution in [0, 0.1) is 11.3 Å². The van der Waals surface area contributed by atoms with Gasteiger partial charge >= 0.3 is 0 Å². The second-order valence-electron chi connectivity index (χ2n) is 7.18. The summed E-state index contributed by atoms with van der Waals surface area (Å²) in [4.78, 5) is 32.1. The van der Waals surface area contributed by atoms with Crippen molar-refractivity contribution in [3.63, 3.8) is 0 Å². The lowest BCUT2D eigenvalue weighted by Gasteiger charge is -2.35. The highest BCUT2D eigenvalue weighted by Crippen LogP contribution is 2.16. The van der Waals surface area contributed by atoms with E-state index in [1.165, 1.54) is 6.20 Å². The van der Waals surface area contributed by atoms with E-state index < -0.39 is 5.56 Å². The summed E-state index contributed by atoms with van der Waals surface area (Å²) < 4.78 is 5.61. The summed E-state index contributed by atoms with van der Waals surface area (Å²) in [5.41, 5.74) is 0.506. The number of carbonyl (C=O) groups is 1. The molecule has 3 heterocycles. The molecule has 1 aliphatic rings. The Kier molecular flexibility index (Phi) is 7.81. The third-order valence-electron chi connectivity index (χ3n) is 4.86. The number of ether oxygens (including phenoxy) is 1. The predicted molar refractivity (Wildman–Crippen MR) is 116 cm³/mol. The molecule has 1 amide bonds. The zero-order chi connectivity index (χ0) is 22.2. The predicted octanol–water partition coefficient (Wildman–Crippen LogP) is 1.25. The zero-order valence-electron chi connectivity index (χ0n) is 17.2. The summed E-state index contributed by atoms with van der Waals surface area (Å²) in [5.74, 6) is 0.863. The fourth-order valence-corrected chi connectivity index (χ4v) is 3.34. The van der Waals surface area contributed by atoms with Gasteiger partial charge in [-0.25, -0.2) is 10.1 Å². The van der Waals surface area contributed by atoms with Gasteiger partial charge in [0.05, 0.1) is 37.1 Å². The number of anilines is 2. The first-order valence-corrected chi connectivity index (χ1v) is 10.3. The Hall–Kier alpha value is -3.16. The lowest BCUT2D eigenvalue weighted by Crippen LogP contribution is -2.49. The molecule has 1 aliphatic heterocycles. The molecule has 2 aromatic rings. The molecule has 3 rings (SSSR count). The van der Waals surface area contributed by atoms with Crippen molar-refractivity contribution < 1.29 is 9.53 Å². The molecule has 164 valence electrons. The molecule has 2 aromatic heterocycles. The molecular weight excluding hydrogens is 422 g/mol. The molecule has 31 heavy (non-hydrogen) atoms. The number of carbonyl (C=O) groups excluding carboxylic acids is 1. The highest BCUT2D eigenvalue weighted by molar-refractivity contribution is 6.32. The molecule has 0 radical (unpaired) electrons. The van der Waals surface area contributed by atoms with Gasteiger partial charge in [-0.2, -0.15) is 10.4 Å². The number of pyridine rings is 1. The number of halogens is 1. The number of aromatic nitrogens is 3. The van der Waals surface area contributed by atoms with Crippen LogP contribution in [0.25, 0.3) is 0 Å². The lowest BCUT2D eigenvalue weighted by atomic mass is 10.2. The fraction of sp³-hybridized carbons (Fsp3) is 0.450. The van der Waals surface area contributed by atoms with Crippen LogP contribution < -0.4 is 15.8 Å². The van der Waals surface area contributed by atoms with Gasteiger partial charge in [0.2, 0.25) is 5.91 Å². The summed E-state index contributed by atoms with van der Waals surface area (Å²) in [6.45, 7) is 5.17. The minimum Gasteiger partial charge on any atom is -0.379 e. The Morgan fingerprint density at radius 2 is 2.13 bits per heavy atom. The number of hydrogen-bond donors (Lipinski definition) is 2. The largest absolute Gasteiger partial charge is 0.379 e. The molecule has 10 nitrogen and oxygen atoms in total. The highest BCUT2D eigenvalue weighted by Gasteiger charge is 2.21. The van der Waals surface area contributed by atoms with Gasteiger partial charge < -0.3 is 19.9 Å². The van der Waals surface area contributed by atoms with E-state index >= 15 is 0 Å². The molecule has 0 saturated carbocycles. The van der Waals surface area contributed by atoms with Gasteiger partial charge in [0.25, 0.3) is 5.56 Å². The maximum Gasteiger partial charge on any atom is 0.285 e. The molecule has 0 bridgehead atoms. The van der Waals surface area contributed by atoms with Crippen LogP contribution in [0.3, 0.4) is 0 Å². The number of piperazine rings is 1. The molecule has 1 saturated heterocycles. The van der Waals surface area contributed by atoms with Gasteiger partial charge in [-0.15, -0.1) is 0 Å². The van der Waals surface area contributed by atoms with Crippen molar-refractivity contribution in [1.29, 1.82) is 5.26 Å². The lowest BCUT2D eigenvalue weighted by molar-refractivity contribution is -0.132. The second-order valence-corrected chi connectivity index (χ2v) is 7.56. The minimum atomic E-state index is -0.458. The monoisotopic (exact) mass is 445 g/mol. The molecular formula is C20H24ClN7O3. The Balaban J connectivity index is 1.35. The van der Waals surface area contributed by atoms with Gasteiger partial charge in [0.1, 0.15) is 16.9 Å². The maximum absolute atomic E-state index is 12.4. The standard InChI is InChI=1S/C20H24ClN7O3/c1-14(25-16-12-24-26-20(30)19(16)21)13-31-9-4-18(29)28-7-5-27(6-8-28)17-3-2-15(10-22)11-23-17/h2-3,11-12,14H,4-9,13H2,1H3,(H2,25,26,30)/t14-/m0/s1. The topological polar surface area (TPSA) is 127 Å². The number of nitrogens with zero attached hydrogens (tertiary/aromatic N) is 5. The molecule has 1 fully saturated rings. The number of aromatic amines is 1. The third-order valence-corrected chi connectivity index (χ3v) is 5.23. The molecule has 0 unspecified atom stereocenters. The second kappa shape index (κ2) is 10.7. The first kappa shape index (κ1) is 22.5. The first-order chi connectivity index (χ1) is 15.0. The van der Waals surface area contributed by atoms with Crippen LogP contribution in [0.2, 0.25) is 5.02 Å². The number of nitrogens with one attached hydrogen (secondary N) is 2. The Bertz CT molecular complexity index is 982. The van der Waals surface area contributed by atoms with Crippen molar-refractivity contribution in [2.24, 2.45) is 0 Å². The average Bonchev–Trinajstić information content (AvgIpc) is 2.80. The zero-order valence-corrected chi connectivity index (χ0v) is 17.9. The van der Waals surface area contributed by atoms with E-state index in [9.17, 15) is 9.59 Å². The van der Waals surface area contributed by atoms with Crippen LogP contribution in [0.1, 0.15) is 18.9 Å². The Morgan fingerprint density at radius 1 is 1.35 bits per heavy atom. The van der Waals surface area contributed by atoms with E-state index in [0.717, 1.165) is 5.82 Å². The number of hydrogen-bond acceptors (Lipinski definition) is 8. The summed E-state index contributed by atoms with van der Waals surface area (Å²) >= 11 is 5.93. The molecule has 0 spiro atoms. The SMILES string of the molecule is C[C@@H](COCCC(=O)N1CCN(c2ccc(C#N)cn2)CC1)Nc1cn[nH]c(=O)c1Cl. The van der Waals surface area contributed by atoms with Gasteiger partial charge in [-0.1, -0.05) is 11.6 Å². The first-order valence-electron chi connectivity index (χ1n) is 9.94. The van der Waals surface area contributed by atoms with Gasteiger partial charge in [0.15, 0.2) is 0 Å². The van der Waals surface area contributed by atoms with E-state index in [0.29, 0.717) is 57.1 Å². The molecule has 11 heteroatoms. The molecule has 0 aliphatic carbocycles. The summed E-state index contributed by atoms with van der Waals surface area (Å²) in [6, 6.07) is 5.51. The smallest absolute Gasteiger partial charge is 0.285 e. The van der Waals surface area contributed by atoms with E-state index in [1.54, 1.807) is 12.3 Å². The van der Waals surface area contributed by atoms with Crippen LogP contribution in [0.5, 0.6) is 0 Å². The maximum atomic E-state index is 12.4. The fourth-order valence-electron chi connectivity index (χ4n) is 3.19. The van der Waals surface area contributed by atoms with Crippen LogP contribution in [-0.4, -0.2) is 71.4 Å². The third kappa shape index (κ3) is 6.16. The minimum absolute atomic E-state index is 0.0485. The van der Waals surface area contributed by atoms with Crippen LogP contribution >= 0.6 is 11.6 Å². The van der Waals surface area contributed by atoms with Crippen molar-refractivity contribution in [2.75, 3.05) is 49.6 Å². The van der Waals surface area contributed by atoms with Crippen molar-refractivity contribution in [3.05, 3.63) is 45.5 Å². The summed E-state index contributed by atoms with van der Waals surface area (Å²) in [5, 5.41) is 17.9. The van der Waals surface area contributed by atoms with E-state index in [4.69, 9.17) is 21.6 Å². The molecule has 1 atom stereocenters. The van der Waals surface area contributed by atoms with Gasteiger partial charge in [-0.05, 0) is 19.1 Å². The van der Waals surface area contributed by atoms with Crippen molar-refractivity contribution >= 4 is 29.0 Å². The van der Waals surface area contributed by atoms with Crippen LogP contribution in [0.4, 0.5) is 11.5 Å². The van der Waals surface area contributed by atoms with E-state index in [-0.39, 0.29) is 17.0 Å². The van der Waals surface area contributed by atoms with Crippen LogP contribution in [0.15, 0.2) is 29.3 Å².